The average Bonchev–Trinajstić information content (AvgIpc) is 2.37. The van der Waals surface area contributed by atoms with Crippen LogP contribution in [0.1, 0.15) is 18.5 Å². The van der Waals surface area contributed by atoms with E-state index in [9.17, 15) is 9.50 Å². The van der Waals surface area contributed by atoms with E-state index in [1.54, 1.807) is 19.2 Å². The van der Waals surface area contributed by atoms with Gasteiger partial charge in [-0.1, -0.05) is 6.07 Å². The second kappa shape index (κ2) is 7.31. The number of ether oxygens (including phenoxy) is 2. The summed E-state index contributed by atoms with van der Waals surface area (Å²) in [5.74, 6) is 0.160. The maximum absolute atomic E-state index is 13.8. The van der Waals surface area contributed by atoms with Crippen LogP contribution in [0.2, 0.25) is 0 Å². The minimum atomic E-state index is -0.330. The van der Waals surface area contributed by atoms with Crippen LogP contribution >= 0.6 is 0 Å². The normalized spacial score (nSPS) is 14.3. The molecule has 0 aromatic heterocycles. The molecule has 102 valence electrons. The van der Waals surface area contributed by atoms with Crippen LogP contribution in [-0.2, 0) is 4.74 Å². The fraction of sp³-hybridized carbons (Fsp3) is 0.538. The number of rotatable bonds is 7. The van der Waals surface area contributed by atoms with Crippen LogP contribution in [0.4, 0.5) is 4.39 Å². The van der Waals surface area contributed by atoms with Crippen LogP contribution in [0, 0.1) is 5.82 Å². The summed E-state index contributed by atoms with van der Waals surface area (Å²) < 4.78 is 23.9. The summed E-state index contributed by atoms with van der Waals surface area (Å²) in [6.07, 6.45) is 0. The highest BCUT2D eigenvalue weighted by atomic mass is 19.1. The van der Waals surface area contributed by atoms with Gasteiger partial charge < -0.3 is 19.9 Å². The molecule has 18 heavy (non-hydrogen) atoms. The van der Waals surface area contributed by atoms with Crippen molar-refractivity contribution in [2.75, 3.05) is 27.4 Å². The molecule has 0 radical (unpaired) electrons. The molecule has 0 bridgehead atoms. The van der Waals surface area contributed by atoms with Gasteiger partial charge in [-0.3, -0.25) is 0 Å². The van der Waals surface area contributed by atoms with E-state index in [2.05, 4.69) is 5.32 Å². The Morgan fingerprint density at radius 1 is 1.39 bits per heavy atom. The summed E-state index contributed by atoms with van der Waals surface area (Å²) in [5, 5.41) is 12.3. The van der Waals surface area contributed by atoms with Gasteiger partial charge in [-0.05, 0) is 19.1 Å². The van der Waals surface area contributed by atoms with Crippen molar-refractivity contribution < 1.29 is 19.0 Å². The van der Waals surface area contributed by atoms with Gasteiger partial charge in [-0.25, -0.2) is 4.39 Å². The van der Waals surface area contributed by atoms with Gasteiger partial charge in [0.15, 0.2) is 0 Å². The minimum absolute atomic E-state index is 0.0745. The molecule has 0 spiro atoms. The number of hydrogen-bond acceptors (Lipinski definition) is 4. The third-order valence-corrected chi connectivity index (χ3v) is 2.74. The highest BCUT2D eigenvalue weighted by molar-refractivity contribution is 5.36. The molecule has 2 N–H and O–H groups in total. The van der Waals surface area contributed by atoms with Gasteiger partial charge in [-0.2, -0.15) is 0 Å². The van der Waals surface area contributed by atoms with E-state index in [1.807, 2.05) is 6.92 Å². The van der Waals surface area contributed by atoms with Crippen LogP contribution in [0.25, 0.3) is 0 Å². The van der Waals surface area contributed by atoms with Gasteiger partial charge >= 0.3 is 0 Å². The molecule has 1 aromatic carbocycles. The number of nitrogens with one attached hydrogen (secondary N) is 1. The molecule has 5 heteroatoms. The van der Waals surface area contributed by atoms with E-state index in [0.29, 0.717) is 17.9 Å². The van der Waals surface area contributed by atoms with E-state index >= 15 is 0 Å². The Labute approximate surface area is 107 Å². The predicted octanol–water partition coefficient (Wildman–Crippen LogP) is 1.49. The Bertz CT molecular complexity index is 373. The lowest BCUT2D eigenvalue weighted by Gasteiger charge is -2.23. The molecule has 0 aliphatic rings. The molecule has 2 unspecified atom stereocenters. The molecule has 0 heterocycles. The van der Waals surface area contributed by atoms with E-state index in [1.165, 1.54) is 13.2 Å². The maximum Gasteiger partial charge on any atom is 0.131 e. The van der Waals surface area contributed by atoms with E-state index in [-0.39, 0.29) is 24.5 Å². The molecule has 0 saturated heterocycles. The van der Waals surface area contributed by atoms with Gasteiger partial charge in [-0.15, -0.1) is 0 Å². The van der Waals surface area contributed by atoms with Gasteiger partial charge in [0.1, 0.15) is 11.6 Å². The SMILES string of the molecule is COCC(CO)NC(C)c1c(F)cccc1OC. The van der Waals surface area contributed by atoms with Crippen LogP contribution in [-0.4, -0.2) is 38.6 Å². The van der Waals surface area contributed by atoms with Crippen LogP contribution < -0.4 is 10.1 Å². The fourth-order valence-corrected chi connectivity index (χ4v) is 1.91. The lowest BCUT2D eigenvalue weighted by Crippen LogP contribution is -2.38. The standard InChI is InChI=1S/C13H20FNO3/c1-9(15-10(7-16)8-17-2)13-11(14)5-4-6-12(13)18-3/h4-6,9-10,15-16H,7-8H2,1-3H3. The largest absolute Gasteiger partial charge is 0.496 e. The first-order valence-electron chi connectivity index (χ1n) is 5.82. The summed E-state index contributed by atoms with van der Waals surface area (Å²) in [4.78, 5) is 0. The third-order valence-electron chi connectivity index (χ3n) is 2.74. The quantitative estimate of drug-likeness (QED) is 0.777. The Kier molecular flexibility index (Phi) is 6.04. The summed E-state index contributed by atoms with van der Waals surface area (Å²) in [6, 6.07) is 4.17. The van der Waals surface area contributed by atoms with Gasteiger partial charge in [0.2, 0.25) is 0 Å². The second-order valence-electron chi connectivity index (χ2n) is 4.08. The molecular weight excluding hydrogens is 237 g/mol. The molecule has 0 saturated carbocycles. The number of aliphatic hydroxyl groups excluding tert-OH is 1. The Hall–Kier alpha value is -1.17. The first kappa shape index (κ1) is 14.9. The number of benzene rings is 1. The minimum Gasteiger partial charge on any atom is -0.496 e. The number of hydrogen-bond donors (Lipinski definition) is 2. The number of halogens is 1. The number of aliphatic hydroxyl groups is 1. The topological polar surface area (TPSA) is 50.7 Å². The van der Waals surface area contributed by atoms with Gasteiger partial charge in [0, 0.05) is 18.7 Å². The third kappa shape index (κ3) is 3.66. The zero-order valence-electron chi connectivity index (χ0n) is 10.9. The van der Waals surface area contributed by atoms with Gasteiger partial charge in [0.25, 0.3) is 0 Å². The average molecular weight is 257 g/mol. The van der Waals surface area contributed by atoms with Crippen molar-refractivity contribution in [2.45, 2.75) is 19.0 Å². The van der Waals surface area contributed by atoms with Crippen molar-refractivity contribution in [2.24, 2.45) is 0 Å². The summed E-state index contributed by atoms with van der Waals surface area (Å²) >= 11 is 0. The van der Waals surface area contributed by atoms with Crippen molar-refractivity contribution in [3.05, 3.63) is 29.6 Å². The second-order valence-corrected chi connectivity index (χ2v) is 4.08. The molecule has 0 aliphatic carbocycles. The smallest absolute Gasteiger partial charge is 0.131 e. The molecule has 0 fully saturated rings. The molecule has 2 atom stereocenters. The highest BCUT2D eigenvalue weighted by Gasteiger charge is 2.19. The van der Waals surface area contributed by atoms with Crippen molar-refractivity contribution in [3.8, 4) is 5.75 Å². The fourth-order valence-electron chi connectivity index (χ4n) is 1.91. The van der Waals surface area contributed by atoms with Crippen LogP contribution in [0.5, 0.6) is 5.75 Å². The lowest BCUT2D eigenvalue weighted by atomic mass is 10.1. The van der Waals surface area contributed by atoms with Crippen molar-refractivity contribution in [3.63, 3.8) is 0 Å². The monoisotopic (exact) mass is 257 g/mol. The van der Waals surface area contributed by atoms with Crippen molar-refractivity contribution >= 4 is 0 Å². The Morgan fingerprint density at radius 3 is 2.67 bits per heavy atom. The predicted molar refractivity (Wildman–Crippen MR) is 67.3 cm³/mol. The van der Waals surface area contributed by atoms with Crippen LogP contribution in [0.3, 0.4) is 0 Å². The van der Waals surface area contributed by atoms with Crippen molar-refractivity contribution in [1.82, 2.24) is 5.32 Å². The lowest BCUT2D eigenvalue weighted by molar-refractivity contribution is 0.123. The highest BCUT2D eigenvalue weighted by Crippen LogP contribution is 2.27. The summed E-state index contributed by atoms with van der Waals surface area (Å²) in [6.45, 7) is 2.10. The van der Waals surface area contributed by atoms with E-state index < -0.39 is 0 Å². The zero-order chi connectivity index (χ0) is 13.5. The van der Waals surface area contributed by atoms with Crippen LogP contribution in [0.15, 0.2) is 18.2 Å². The molecule has 0 amide bonds. The first-order chi connectivity index (χ1) is 8.63. The Morgan fingerprint density at radius 2 is 2.11 bits per heavy atom. The number of methoxy groups -OCH3 is 2. The van der Waals surface area contributed by atoms with E-state index in [4.69, 9.17) is 9.47 Å². The molecular formula is C13H20FNO3. The first-order valence-corrected chi connectivity index (χ1v) is 5.82. The molecule has 1 aromatic rings. The summed E-state index contributed by atoms with van der Waals surface area (Å²) in [5.41, 5.74) is 0.453. The zero-order valence-corrected chi connectivity index (χ0v) is 10.9. The molecule has 4 nitrogen and oxygen atoms in total. The molecule has 0 aliphatic heterocycles. The van der Waals surface area contributed by atoms with Gasteiger partial charge in [0.05, 0.1) is 26.4 Å². The maximum atomic E-state index is 13.8. The molecule has 1 rings (SSSR count). The summed E-state index contributed by atoms with van der Waals surface area (Å²) in [7, 11) is 3.06. The van der Waals surface area contributed by atoms with E-state index in [0.717, 1.165) is 0 Å². The van der Waals surface area contributed by atoms with Crippen molar-refractivity contribution in [1.29, 1.82) is 0 Å². The Balaban J connectivity index is 2.85.